The molecule has 6 heteroatoms. The molecule has 0 aliphatic carbocycles. The molecule has 1 aliphatic rings. The number of carbonyl (C=O) groups is 2. The number of fused-ring (bicyclic) bond motifs is 1. The zero-order chi connectivity index (χ0) is 10.8. The summed E-state index contributed by atoms with van der Waals surface area (Å²) in [7, 11) is 1.26. The Hall–Kier alpha value is -1.98. The Bertz CT molecular complexity index is 430. The molecule has 0 unspecified atom stereocenters. The van der Waals surface area contributed by atoms with Crippen molar-refractivity contribution in [2.75, 3.05) is 13.7 Å². The molecule has 0 aromatic carbocycles. The first-order valence-electron chi connectivity index (χ1n) is 4.34. The molecule has 0 amide bonds. The van der Waals surface area contributed by atoms with E-state index in [2.05, 4.69) is 14.9 Å². The number of esters is 2. The first kappa shape index (κ1) is 9.57. The molecule has 6 nitrogen and oxygen atoms in total. The summed E-state index contributed by atoms with van der Waals surface area (Å²) < 4.78 is 9.27. The van der Waals surface area contributed by atoms with E-state index in [-0.39, 0.29) is 11.4 Å². The molecule has 0 atom stereocenters. The lowest BCUT2D eigenvalue weighted by molar-refractivity contribution is 0.0465. The van der Waals surface area contributed by atoms with Crippen molar-refractivity contribution in [1.29, 1.82) is 0 Å². The molecule has 0 fully saturated rings. The van der Waals surface area contributed by atoms with Gasteiger partial charge in [-0.2, -0.15) is 0 Å². The lowest BCUT2D eigenvalue weighted by atomic mass is 10.1. The fourth-order valence-electron chi connectivity index (χ4n) is 1.32. The third-order valence-electron chi connectivity index (χ3n) is 2.07. The third kappa shape index (κ3) is 1.65. The first-order valence-corrected chi connectivity index (χ1v) is 4.34. The number of hydrogen-bond donors (Lipinski definition) is 0. The summed E-state index contributed by atoms with van der Waals surface area (Å²) >= 11 is 0. The summed E-state index contributed by atoms with van der Waals surface area (Å²) in [6.07, 6.45) is 0.542. The molecule has 78 valence electrons. The van der Waals surface area contributed by atoms with Gasteiger partial charge in [-0.05, 0) is 11.6 Å². The van der Waals surface area contributed by atoms with E-state index in [1.54, 1.807) is 0 Å². The fraction of sp³-hybridized carbons (Fsp3) is 0.333. The minimum absolute atomic E-state index is 0.103. The van der Waals surface area contributed by atoms with Crippen LogP contribution in [0.3, 0.4) is 0 Å². The lowest BCUT2D eigenvalue weighted by Crippen LogP contribution is -2.21. The molecule has 1 aliphatic heterocycles. The Morgan fingerprint density at radius 3 is 3.07 bits per heavy atom. The molecule has 2 rings (SSSR count). The summed E-state index contributed by atoms with van der Waals surface area (Å²) in [5, 5.41) is 7.23. The highest BCUT2D eigenvalue weighted by Crippen LogP contribution is 2.14. The number of nitrogens with zero attached hydrogens (tertiary/aromatic N) is 2. The predicted octanol–water partition coefficient (Wildman–Crippen LogP) is -0.0239. The van der Waals surface area contributed by atoms with Crippen molar-refractivity contribution < 1.29 is 19.1 Å². The van der Waals surface area contributed by atoms with E-state index >= 15 is 0 Å². The smallest absolute Gasteiger partial charge is 0.359 e. The standard InChI is InChI=1S/C9H8N2O4/c1-14-8(12)6-4-5-2-3-15-9(13)7(5)11-10-6/h4H,2-3H2,1H3. The molecule has 0 radical (unpaired) electrons. The average molecular weight is 208 g/mol. The molecule has 1 aromatic rings. The van der Waals surface area contributed by atoms with E-state index < -0.39 is 11.9 Å². The Balaban J connectivity index is 2.41. The number of aromatic nitrogens is 2. The van der Waals surface area contributed by atoms with E-state index in [4.69, 9.17) is 4.74 Å². The highest BCUT2D eigenvalue weighted by atomic mass is 16.5. The zero-order valence-corrected chi connectivity index (χ0v) is 8.02. The van der Waals surface area contributed by atoms with Crippen LogP contribution in [-0.2, 0) is 15.9 Å². The van der Waals surface area contributed by atoms with Crippen LogP contribution in [0.15, 0.2) is 6.07 Å². The first-order chi connectivity index (χ1) is 7.22. The van der Waals surface area contributed by atoms with Crippen molar-refractivity contribution in [3.63, 3.8) is 0 Å². The normalized spacial score (nSPS) is 14.1. The average Bonchev–Trinajstić information content (AvgIpc) is 2.28. The number of methoxy groups -OCH3 is 1. The molecule has 15 heavy (non-hydrogen) atoms. The molecule has 0 N–H and O–H groups in total. The topological polar surface area (TPSA) is 78.4 Å². The number of cyclic esters (lactones) is 1. The van der Waals surface area contributed by atoms with Gasteiger partial charge in [0.2, 0.25) is 0 Å². The van der Waals surface area contributed by atoms with Gasteiger partial charge in [-0.25, -0.2) is 9.59 Å². The minimum atomic E-state index is -0.566. The molecule has 0 saturated carbocycles. The minimum Gasteiger partial charge on any atom is -0.464 e. The van der Waals surface area contributed by atoms with E-state index in [0.717, 1.165) is 0 Å². The second-order valence-corrected chi connectivity index (χ2v) is 2.98. The molecular formula is C9H8N2O4. The highest BCUT2D eigenvalue weighted by molar-refractivity contribution is 5.92. The largest absolute Gasteiger partial charge is 0.464 e. The van der Waals surface area contributed by atoms with Gasteiger partial charge < -0.3 is 9.47 Å². The monoisotopic (exact) mass is 208 g/mol. The van der Waals surface area contributed by atoms with Crippen LogP contribution in [0.4, 0.5) is 0 Å². The molecule has 2 heterocycles. The van der Waals surface area contributed by atoms with E-state index in [0.29, 0.717) is 18.6 Å². The summed E-state index contributed by atoms with van der Waals surface area (Å²) in [5.74, 6) is -1.07. The highest BCUT2D eigenvalue weighted by Gasteiger charge is 2.22. The SMILES string of the molecule is COC(=O)c1cc2c(nn1)C(=O)OCC2. The maximum Gasteiger partial charge on any atom is 0.359 e. The lowest BCUT2D eigenvalue weighted by Gasteiger charge is -2.13. The quantitative estimate of drug-likeness (QED) is 0.603. The maximum absolute atomic E-state index is 11.2. The second kappa shape index (κ2) is 3.64. The summed E-state index contributed by atoms with van der Waals surface area (Å²) in [4.78, 5) is 22.3. The van der Waals surface area contributed by atoms with Gasteiger partial charge in [-0.15, -0.1) is 10.2 Å². The summed E-state index contributed by atoms with van der Waals surface area (Å²) in [6.45, 7) is 0.304. The van der Waals surface area contributed by atoms with Crippen LogP contribution in [0.2, 0.25) is 0 Å². The van der Waals surface area contributed by atoms with Crippen molar-refractivity contribution in [2.24, 2.45) is 0 Å². The van der Waals surface area contributed by atoms with Crippen LogP contribution < -0.4 is 0 Å². The summed E-state index contributed by atoms with van der Waals surface area (Å²) in [6, 6.07) is 1.51. The number of carbonyl (C=O) groups excluding carboxylic acids is 2. The van der Waals surface area contributed by atoms with Crippen LogP contribution in [-0.4, -0.2) is 35.9 Å². The second-order valence-electron chi connectivity index (χ2n) is 2.98. The Kier molecular flexibility index (Phi) is 2.32. The van der Waals surface area contributed by atoms with E-state index in [1.807, 2.05) is 0 Å². The van der Waals surface area contributed by atoms with Crippen LogP contribution >= 0.6 is 0 Å². The maximum atomic E-state index is 11.2. The zero-order valence-electron chi connectivity index (χ0n) is 8.02. The van der Waals surface area contributed by atoms with Gasteiger partial charge in [0.1, 0.15) is 0 Å². The van der Waals surface area contributed by atoms with Gasteiger partial charge >= 0.3 is 11.9 Å². The van der Waals surface area contributed by atoms with Gasteiger partial charge in [-0.3, -0.25) is 0 Å². The Morgan fingerprint density at radius 1 is 1.53 bits per heavy atom. The van der Waals surface area contributed by atoms with Crippen molar-refractivity contribution >= 4 is 11.9 Å². The van der Waals surface area contributed by atoms with Gasteiger partial charge in [0.05, 0.1) is 13.7 Å². The third-order valence-corrected chi connectivity index (χ3v) is 2.07. The number of rotatable bonds is 1. The van der Waals surface area contributed by atoms with Crippen LogP contribution in [0.25, 0.3) is 0 Å². The van der Waals surface area contributed by atoms with Crippen LogP contribution in [0.1, 0.15) is 26.5 Å². The predicted molar refractivity (Wildman–Crippen MR) is 47.4 cm³/mol. The van der Waals surface area contributed by atoms with Crippen molar-refractivity contribution in [2.45, 2.75) is 6.42 Å². The van der Waals surface area contributed by atoms with Gasteiger partial charge in [0.15, 0.2) is 11.4 Å². The molecule has 0 bridgehead atoms. The van der Waals surface area contributed by atoms with Gasteiger partial charge in [0, 0.05) is 6.42 Å². The van der Waals surface area contributed by atoms with Crippen molar-refractivity contribution in [1.82, 2.24) is 10.2 Å². The number of hydrogen-bond acceptors (Lipinski definition) is 6. The Labute approximate surface area is 85.2 Å². The van der Waals surface area contributed by atoms with Crippen LogP contribution in [0, 0.1) is 0 Å². The fourth-order valence-corrected chi connectivity index (χ4v) is 1.32. The van der Waals surface area contributed by atoms with E-state index in [1.165, 1.54) is 13.2 Å². The molecular weight excluding hydrogens is 200 g/mol. The number of ether oxygens (including phenoxy) is 2. The van der Waals surface area contributed by atoms with E-state index in [9.17, 15) is 9.59 Å². The molecule has 1 aromatic heterocycles. The Morgan fingerprint density at radius 2 is 2.33 bits per heavy atom. The van der Waals surface area contributed by atoms with Crippen LogP contribution in [0.5, 0.6) is 0 Å². The van der Waals surface area contributed by atoms with Crippen molar-refractivity contribution in [3.05, 3.63) is 23.0 Å². The summed E-state index contributed by atoms with van der Waals surface area (Å²) in [5.41, 5.74) is 0.946. The molecule has 0 saturated heterocycles. The van der Waals surface area contributed by atoms with Gasteiger partial charge in [0.25, 0.3) is 0 Å². The van der Waals surface area contributed by atoms with Crippen molar-refractivity contribution in [3.8, 4) is 0 Å². The van der Waals surface area contributed by atoms with Gasteiger partial charge in [-0.1, -0.05) is 0 Å². The molecule has 0 spiro atoms.